The van der Waals surface area contributed by atoms with Gasteiger partial charge in [-0.3, -0.25) is 9.69 Å². The minimum absolute atomic E-state index is 0.0437. The molecule has 162 valence electrons. The molecule has 6 heteroatoms. The number of aromatic nitrogens is 3. The topological polar surface area (TPSA) is 54.3 Å². The Morgan fingerprint density at radius 1 is 0.938 bits per heavy atom. The van der Waals surface area contributed by atoms with Crippen molar-refractivity contribution in [2.45, 2.75) is 20.4 Å². The van der Waals surface area contributed by atoms with Crippen molar-refractivity contribution in [1.82, 2.24) is 24.6 Å². The van der Waals surface area contributed by atoms with Crippen LogP contribution in [0.1, 0.15) is 27.3 Å². The van der Waals surface area contributed by atoms with Crippen LogP contribution in [-0.2, 0) is 6.54 Å². The van der Waals surface area contributed by atoms with Gasteiger partial charge in [0.05, 0.1) is 11.3 Å². The molecule has 32 heavy (non-hydrogen) atoms. The Hall–Kier alpha value is -3.51. The summed E-state index contributed by atoms with van der Waals surface area (Å²) in [4.78, 5) is 21.8. The van der Waals surface area contributed by atoms with Crippen molar-refractivity contribution in [3.8, 4) is 5.82 Å². The number of pyridine rings is 1. The van der Waals surface area contributed by atoms with E-state index in [1.807, 2.05) is 36.9 Å². The molecule has 1 saturated heterocycles. The molecule has 0 bridgehead atoms. The van der Waals surface area contributed by atoms with Crippen LogP contribution in [0.15, 0.2) is 66.9 Å². The third-order valence-electron chi connectivity index (χ3n) is 6.15. The molecular formula is C26H27N5O. The van der Waals surface area contributed by atoms with E-state index in [0.717, 1.165) is 49.9 Å². The van der Waals surface area contributed by atoms with Crippen molar-refractivity contribution in [2.75, 3.05) is 26.2 Å². The highest BCUT2D eigenvalue weighted by atomic mass is 16.2. The van der Waals surface area contributed by atoms with Crippen molar-refractivity contribution in [3.63, 3.8) is 0 Å². The molecule has 0 N–H and O–H groups in total. The number of carbonyl (C=O) groups is 1. The van der Waals surface area contributed by atoms with Crippen LogP contribution in [0.25, 0.3) is 16.6 Å². The van der Waals surface area contributed by atoms with E-state index in [0.29, 0.717) is 5.56 Å². The van der Waals surface area contributed by atoms with Gasteiger partial charge in [-0.15, -0.1) is 0 Å². The number of rotatable bonds is 4. The summed E-state index contributed by atoms with van der Waals surface area (Å²) in [5, 5.41) is 7.04. The van der Waals surface area contributed by atoms with Crippen molar-refractivity contribution in [3.05, 3.63) is 89.4 Å². The minimum Gasteiger partial charge on any atom is -0.336 e. The monoisotopic (exact) mass is 425 g/mol. The molecule has 1 aliphatic heterocycles. The van der Waals surface area contributed by atoms with E-state index >= 15 is 0 Å². The molecule has 0 radical (unpaired) electrons. The first-order valence-corrected chi connectivity index (χ1v) is 11.1. The highest BCUT2D eigenvalue weighted by Crippen LogP contribution is 2.21. The van der Waals surface area contributed by atoms with E-state index < -0.39 is 0 Å². The van der Waals surface area contributed by atoms with Crippen molar-refractivity contribution >= 4 is 16.7 Å². The van der Waals surface area contributed by atoms with Gasteiger partial charge in [-0.05, 0) is 48.4 Å². The Balaban J connectivity index is 1.22. The highest BCUT2D eigenvalue weighted by Gasteiger charge is 2.23. The minimum atomic E-state index is 0.0437. The van der Waals surface area contributed by atoms with Crippen molar-refractivity contribution in [2.24, 2.45) is 0 Å². The van der Waals surface area contributed by atoms with E-state index in [4.69, 9.17) is 0 Å². The molecule has 1 amide bonds. The van der Waals surface area contributed by atoms with E-state index in [-0.39, 0.29) is 5.91 Å². The third kappa shape index (κ3) is 4.01. The van der Waals surface area contributed by atoms with Gasteiger partial charge in [-0.25, -0.2) is 9.67 Å². The number of aryl methyl sites for hydroxylation is 2. The number of amides is 1. The standard InChI is InChI=1S/C26H27N5O/c1-19-16-20(2)31(28-19)25-11-10-22(17-27-25)26(32)30-14-12-29(13-15-30)18-23-8-5-7-21-6-3-4-9-24(21)23/h3-11,16-17H,12-15,18H2,1-2H3. The predicted octanol–water partition coefficient (Wildman–Crippen LogP) is 4.00. The quantitative estimate of drug-likeness (QED) is 0.496. The summed E-state index contributed by atoms with van der Waals surface area (Å²) in [5.74, 6) is 0.772. The maximum Gasteiger partial charge on any atom is 0.255 e. The Morgan fingerprint density at radius 2 is 1.72 bits per heavy atom. The smallest absolute Gasteiger partial charge is 0.255 e. The number of benzene rings is 2. The molecule has 0 spiro atoms. The highest BCUT2D eigenvalue weighted by molar-refractivity contribution is 5.94. The summed E-state index contributed by atoms with van der Waals surface area (Å²) < 4.78 is 1.80. The van der Waals surface area contributed by atoms with Gasteiger partial charge in [-0.2, -0.15) is 5.10 Å². The maximum atomic E-state index is 13.0. The maximum absolute atomic E-state index is 13.0. The lowest BCUT2D eigenvalue weighted by molar-refractivity contribution is 0.0628. The second kappa shape index (κ2) is 8.55. The summed E-state index contributed by atoms with van der Waals surface area (Å²) in [6, 6.07) is 20.7. The van der Waals surface area contributed by atoms with Crippen LogP contribution in [0.3, 0.4) is 0 Å². The average Bonchev–Trinajstić information content (AvgIpc) is 3.17. The van der Waals surface area contributed by atoms with Crippen molar-refractivity contribution in [1.29, 1.82) is 0 Å². The predicted molar refractivity (Wildman–Crippen MR) is 126 cm³/mol. The van der Waals surface area contributed by atoms with Gasteiger partial charge in [0.1, 0.15) is 0 Å². The van der Waals surface area contributed by atoms with Crippen LogP contribution in [0, 0.1) is 13.8 Å². The molecule has 5 rings (SSSR count). The van der Waals surface area contributed by atoms with Gasteiger partial charge in [0.25, 0.3) is 5.91 Å². The zero-order valence-corrected chi connectivity index (χ0v) is 18.5. The molecule has 0 saturated carbocycles. The van der Waals surface area contributed by atoms with Crippen LogP contribution >= 0.6 is 0 Å². The first kappa shape index (κ1) is 20.4. The molecule has 4 aromatic rings. The Kier molecular flexibility index (Phi) is 5.45. The van der Waals surface area contributed by atoms with E-state index in [9.17, 15) is 4.79 Å². The van der Waals surface area contributed by atoms with Gasteiger partial charge in [-0.1, -0.05) is 42.5 Å². The SMILES string of the molecule is Cc1cc(C)n(-c2ccc(C(=O)N3CCN(Cc4cccc5ccccc45)CC3)cn2)n1. The molecule has 2 aromatic heterocycles. The molecule has 6 nitrogen and oxygen atoms in total. The third-order valence-corrected chi connectivity index (χ3v) is 6.15. The summed E-state index contributed by atoms with van der Waals surface area (Å²) in [7, 11) is 0. The number of carbonyl (C=O) groups excluding carboxylic acids is 1. The molecular weight excluding hydrogens is 398 g/mol. The van der Waals surface area contributed by atoms with Gasteiger partial charge in [0.15, 0.2) is 5.82 Å². The summed E-state index contributed by atoms with van der Waals surface area (Å²) in [6.07, 6.45) is 1.66. The van der Waals surface area contributed by atoms with Crippen LogP contribution in [0.5, 0.6) is 0 Å². The Bertz CT molecular complexity index is 1250. The van der Waals surface area contributed by atoms with Gasteiger partial charge in [0, 0.05) is 44.6 Å². The number of hydrogen-bond acceptors (Lipinski definition) is 4. The fourth-order valence-electron chi connectivity index (χ4n) is 4.46. The molecule has 1 fully saturated rings. The van der Waals surface area contributed by atoms with Crippen molar-refractivity contribution < 1.29 is 4.79 Å². The summed E-state index contributed by atoms with van der Waals surface area (Å²) in [6.45, 7) is 8.05. The molecule has 1 aliphatic rings. The molecule has 2 aromatic carbocycles. The lowest BCUT2D eigenvalue weighted by Gasteiger charge is -2.35. The van der Waals surface area contributed by atoms with Crippen LogP contribution in [0.4, 0.5) is 0 Å². The summed E-state index contributed by atoms with van der Waals surface area (Å²) >= 11 is 0. The molecule has 0 aliphatic carbocycles. The second-order valence-electron chi connectivity index (χ2n) is 8.45. The molecule has 3 heterocycles. The number of nitrogens with zero attached hydrogens (tertiary/aromatic N) is 5. The largest absolute Gasteiger partial charge is 0.336 e. The lowest BCUT2D eigenvalue weighted by Crippen LogP contribution is -2.48. The Morgan fingerprint density at radius 3 is 2.44 bits per heavy atom. The molecule has 0 unspecified atom stereocenters. The summed E-state index contributed by atoms with van der Waals surface area (Å²) in [5.41, 5.74) is 3.94. The lowest BCUT2D eigenvalue weighted by atomic mass is 10.0. The van der Waals surface area contributed by atoms with E-state index in [2.05, 4.69) is 57.4 Å². The number of fused-ring (bicyclic) bond motifs is 1. The fourth-order valence-corrected chi connectivity index (χ4v) is 4.46. The average molecular weight is 426 g/mol. The van der Waals surface area contributed by atoms with Crippen LogP contribution in [0.2, 0.25) is 0 Å². The van der Waals surface area contributed by atoms with E-state index in [1.165, 1.54) is 16.3 Å². The van der Waals surface area contributed by atoms with Gasteiger partial charge in [0.2, 0.25) is 0 Å². The fraction of sp³-hybridized carbons (Fsp3) is 0.269. The van der Waals surface area contributed by atoms with Gasteiger partial charge < -0.3 is 4.90 Å². The number of piperazine rings is 1. The normalized spacial score (nSPS) is 14.8. The van der Waals surface area contributed by atoms with Crippen LogP contribution < -0.4 is 0 Å². The van der Waals surface area contributed by atoms with E-state index in [1.54, 1.807) is 10.9 Å². The second-order valence-corrected chi connectivity index (χ2v) is 8.45. The van der Waals surface area contributed by atoms with Crippen LogP contribution in [-0.4, -0.2) is 56.7 Å². The zero-order valence-electron chi connectivity index (χ0n) is 18.5. The zero-order chi connectivity index (χ0) is 22.1. The Labute approximate surface area is 188 Å². The number of hydrogen-bond donors (Lipinski definition) is 0. The van der Waals surface area contributed by atoms with Gasteiger partial charge >= 0.3 is 0 Å². The first-order chi connectivity index (χ1) is 15.6. The first-order valence-electron chi connectivity index (χ1n) is 11.1. The molecule has 0 atom stereocenters.